The molecule has 0 unspecified atom stereocenters. The molecule has 0 bridgehead atoms. The van der Waals surface area contributed by atoms with Gasteiger partial charge in [-0.25, -0.2) is 5.10 Å². The quantitative estimate of drug-likeness (QED) is 0.514. The number of rotatable bonds is 0. The van der Waals surface area contributed by atoms with Crippen LogP contribution in [0.4, 0.5) is 0 Å². The van der Waals surface area contributed by atoms with Gasteiger partial charge in [0.25, 0.3) is 5.56 Å². The molecule has 3 heteroatoms. The molecule has 8 heavy (non-hydrogen) atoms. The molecule has 0 aliphatic carbocycles. The van der Waals surface area contributed by atoms with Crippen LogP contribution in [0.25, 0.3) is 0 Å². The molecular formula is C5H6N2O. The topological polar surface area (TPSA) is 45.8 Å². The highest BCUT2D eigenvalue weighted by Gasteiger charge is 1.80. The summed E-state index contributed by atoms with van der Waals surface area (Å²) in [5.74, 6) is 0. The molecule has 1 heterocycles. The first-order valence-corrected chi connectivity index (χ1v) is 2.31. The minimum Gasteiger partial charge on any atom is -0.268 e. The molecule has 0 fully saturated rings. The third kappa shape index (κ3) is 0.932. The minimum atomic E-state index is -0.157. The van der Waals surface area contributed by atoms with E-state index < -0.39 is 0 Å². The summed E-state index contributed by atoms with van der Waals surface area (Å²) in [7, 11) is 0. The van der Waals surface area contributed by atoms with Crippen LogP contribution in [0.2, 0.25) is 0 Å². The molecular weight excluding hydrogens is 104 g/mol. The SMILES string of the molecule is Cc1ccc(=O)[nH]n1. The molecule has 0 saturated carbocycles. The number of nitrogens with one attached hydrogen (secondary N) is 1. The lowest BCUT2D eigenvalue weighted by Crippen LogP contribution is -2.05. The van der Waals surface area contributed by atoms with Crippen LogP contribution in [0.1, 0.15) is 5.69 Å². The van der Waals surface area contributed by atoms with Crippen molar-refractivity contribution in [2.75, 3.05) is 0 Å². The van der Waals surface area contributed by atoms with Gasteiger partial charge >= 0.3 is 0 Å². The molecule has 0 amide bonds. The Hall–Kier alpha value is -1.12. The number of aromatic amines is 1. The van der Waals surface area contributed by atoms with E-state index in [9.17, 15) is 4.79 Å². The summed E-state index contributed by atoms with van der Waals surface area (Å²) in [4.78, 5) is 10.3. The zero-order chi connectivity index (χ0) is 5.98. The summed E-state index contributed by atoms with van der Waals surface area (Å²) in [6, 6.07) is 3.11. The van der Waals surface area contributed by atoms with Crippen molar-refractivity contribution in [3.63, 3.8) is 0 Å². The maximum atomic E-state index is 10.3. The smallest absolute Gasteiger partial charge is 0.264 e. The molecule has 1 aromatic heterocycles. The molecule has 1 rings (SSSR count). The predicted octanol–water partition coefficient (Wildman–Crippen LogP) is 0.0783. The summed E-state index contributed by atoms with van der Waals surface area (Å²) >= 11 is 0. The summed E-state index contributed by atoms with van der Waals surface area (Å²) in [6.45, 7) is 1.82. The van der Waals surface area contributed by atoms with Crippen LogP contribution in [0, 0.1) is 6.92 Å². The Morgan fingerprint density at radius 3 is 2.75 bits per heavy atom. The number of aryl methyl sites for hydroxylation is 1. The van der Waals surface area contributed by atoms with Crippen LogP contribution >= 0.6 is 0 Å². The first-order valence-electron chi connectivity index (χ1n) is 2.31. The molecule has 0 aromatic carbocycles. The minimum absolute atomic E-state index is 0.157. The highest BCUT2D eigenvalue weighted by Crippen LogP contribution is 1.78. The van der Waals surface area contributed by atoms with Crippen molar-refractivity contribution in [2.24, 2.45) is 0 Å². The van der Waals surface area contributed by atoms with Crippen LogP contribution < -0.4 is 5.56 Å². The Labute approximate surface area is 46.4 Å². The van der Waals surface area contributed by atoms with E-state index in [1.54, 1.807) is 6.07 Å². The van der Waals surface area contributed by atoms with Crippen molar-refractivity contribution >= 4 is 0 Å². The Morgan fingerprint density at radius 2 is 2.38 bits per heavy atom. The molecule has 0 saturated heterocycles. The highest BCUT2D eigenvalue weighted by molar-refractivity contribution is 4.95. The van der Waals surface area contributed by atoms with E-state index in [1.807, 2.05) is 6.92 Å². The number of hydrogen-bond donors (Lipinski definition) is 1. The van der Waals surface area contributed by atoms with Gasteiger partial charge in [-0.15, -0.1) is 0 Å². The van der Waals surface area contributed by atoms with Crippen LogP contribution in [0.15, 0.2) is 16.9 Å². The van der Waals surface area contributed by atoms with Gasteiger partial charge < -0.3 is 0 Å². The molecule has 0 radical (unpaired) electrons. The lowest BCUT2D eigenvalue weighted by atomic mass is 10.4. The van der Waals surface area contributed by atoms with E-state index in [2.05, 4.69) is 10.2 Å². The van der Waals surface area contributed by atoms with Crippen LogP contribution in [-0.4, -0.2) is 10.2 Å². The molecule has 1 N–H and O–H groups in total. The Kier molecular flexibility index (Phi) is 1.12. The summed E-state index contributed by atoms with van der Waals surface area (Å²) in [5.41, 5.74) is 0.667. The van der Waals surface area contributed by atoms with Gasteiger partial charge in [-0.2, -0.15) is 5.10 Å². The van der Waals surface area contributed by atoms with Gasteiger partial charge in [-0.3, -0.25) is 4.79 Å². The van der Waals surface area contributed by atoms with Crippen LogP contribution in [0.3, 0.4) is 0 Å². The third-order valence-electron chi connectivity index (χ3n) is 0.818. The van der Waals surface area contributed by atoms with Crippen molar-refractivity contribution in [3.8, 4) is 0 Å². The van der Waals surface area contributed by atoms with Crippen molar-refractivity contribution in [2.45, 2.75) is 6.92 Å². The first kappa shape index (κ1) is 5.03. The summed E-state index contributed by atoms with van der Waals surface area (Å²) < 4.78 is 0. The van der Waals surface area contributed by atoms with E-state index in [4.69, 9.17) is 0 Å². The lowest BCUT2D eigenvalue weighted by molar-refractivity contribution is 0.946. The molecule has 0 atom stereocenters. The van der Waals surface area contributed by atoms with Crippen molar-refractivity contribution in [1.29, 1.82) is 0 Å². The molecule has 0 aliphatic rings. The van der Waals surface area contributed by atoms with Gasteiger partial charge in [-0.1, -0.05) is 0 Å². The largest absolute Gasteiger partial charge is 0.268 e. The van der Waals surface area contributed by atoms with E-state index in [-0.39, 0.29) is 5.56 Å². The van der Waals surface area contributed by atoms with Gasteiger partial charge in [0, 0.05) is 6.07 Å². The molecule has 1 aromatic rings. The Bertz CT molecular complexity index is 208. The van der Waals surface area contributed by atoms with E-state index in [1.165, 1.54) is 6.07 Å². The van der Waals surface area contributed by atoms with Crippen molar-refractivity contribution in [3.05, 3.63) is 28.2 Å². The molecule has 3 nitrogen and oxygen atoms in total. The predicted molar refractivity (Wildman–Crippen MR) is 29.6 cm³/mol. The zero-order valence-corrected chi connectivity index (χ0v) is 4.51. The van der Waals surface area contributed by atoms with E-state index in [0.29, 0.717) is 0 Å². The summed E-state index contributed by atoms with van der Waals surface area (Å²) in [5, 5.41) is 5.94. The first-order chi connectivity index (χ1) is 3.79. The Morgan fingerprint density at radius 1 is 1.62 bits per heavy atom. The van der Waals surface area contributed by atoms with Crippen molar-refractivity contribution < 1.29 is 0 Å². The fourth-order valence-electron chi connectivity index (χ4n) is 0.414. The second-order valence-electron chi connectivity index (χ2n) is 1.56. The number of aromatic nitrogens is 2. The Balaban J connectivity index is 3.22. The number of nitrogens with zero attached hydrogens (tertiary/aromatic N) is 1. The van der Waals surface area contributed by atoms with Gasteiger partial charge in [-0.05, 0) is 13.0 Å². The third-order valence-corrected chi connectivity index (χ3v) is 0.818. The van der Waals surface area contributed by atoms with Gasteiger partial charge in [0.05, 0.1) is 5.69 Å². The van der Waals surface area contributed by atoms with Gasteiger partial charge in [0.15, 0.2) is 0 Å². The fourth-order valence-corrected chi connectivity index (χ4v) is 0.414. The fraction of sp³-hybridized carbons (Fsp3) is 0.200. The summed E-state index contributed by atoms with van der Waals surface area (Å²) in [6.07, 6.45) is 0. The zero-order valence-electron chi connectivity index (χ0n) is 4.51. The second kappa shape index (κ2) is 1.78. The van der Waals surface area contributed by atoms with Crippen LogP contribution in [-0.2, 0) is 0 Å². The van der Waals surface area contributed by atoms with E-state index >= 15 is 0 Å². The highest BCUT2D eigenvalue weighted by atomic mass is 16.1. The molecule has 0 aliphatic heterocycles. The number of hydrogen-bond acceptors (Lipinski definition) is 2. The lowest BCUT2D eigenvalue weighted by Gasteiger charge is -1.82. The molecule has 42 valence electrons. The van der Waals surface area contributed by atoms with Crippen molar-refractivity contribution in [1.82, 2.24) is 10.2 Å². The maximum Gasteiger partial charge on any atom is 0.264 e. The van der Waals surface area contributed by atoms with Gasteiger partial charge in [0.2, 0.25) is 0 Å². The second-order valence-corrected chi connectivity index (χ2v) is 1.56. The average Bonchev–Trinajstić information content (AvgIpc) is 1.77. The van der Waals surface area contributed by atoms with Gasteiger partial charge in [0.1, 0.15) is 0 Å². The average molecular weight is 110 g/mol. The monoisotopic (exact) mass is 110 g/mol. The maximum absolute atomic E-state index is 10.3. The standard InChI is InChI=1S/C5H6N2O/c1-4-2-3-5(8)7-6-4/h2-3H,1H3,(H,7,8). The number of H-pyrrole nitrogens is 1. The normalized spacial score (nSPS) is 9.12. The van der Waals surface area contributed by atoms with Crippen LogP contribution in [0.5, 0.6) is 0 Å². The van der Waals surface area contributed by atoms with E-state index in [0.717, 1.165) is 5.69 Å². The molecule has 0 spiro atoms.